The average molecular weight is 371 g/mol. The topological polar surface area (TPSA) is 46.6 Å². The summed E-state index contributed by atoms with van der Waals surface area (Å²) in [4.78, 5) is 25.7. The molecule has 0 saturated carbocycles. The van der Waals surface area contributed by atoms with Crippen molar-refractivity contribution in [1.82, 2.24) is 4.90 Å². The van der Waals surface area contributed by atoms with Crippen LogP contribution in [0.5, 0.6) is 0 Å². The summed E-state index contributed by atoms with van der Waals surface area (Å²) in [6.07, 6.45) is 9.12. The van der Waals surface area contributed by atoms with Crippen LogP contribution in [-0.2, 0) is 14.2 Å². The molecule has 148 valence electrons. The maximum atomic E-state index is 12.8. The fraction of sp³-hybridized carbons (Fsp3) is 0.789. The number of allylic oxidation sites excluding steroid dienone is 1. The summed E-state index contributed by atoms with van der Waals surface area (Å²) in [6, 6.07) is -0.630. The quantitative estimate of drug-likeness (QED) is 0.163. The number of halogens is 2. The SMILES string of the molecule is CCCCCCCCC(C)CC/C(OB(F)F)=C1\C(=O)[C@H](C)N(C)C1=O. The zero-order valence-corrected chi connectivity index (χ0v) is 16.5. The van der Waals surface area contributed by atoms with Crippen molar-refractivity contribution in [3.05, 3.63) is 11.3 Å². The third-order valence-electron chi connectivity index (χ3n) is 5.17. The summed E-state index contributed by atoms with van der Waals surface area (Å²) in [7, 11) is -1.54. The van der Waals surface area contributed by atoms with Crippen LogP contribution in [0.1, 0.15) is 78.6 Å². The Morgan fingerprint density at radius 2 is 1.77 bits per heavy atom. The van der Waals surface area contributed by atoms with Crippen molar-refractivity contribution in [3.63, 3.8) is 0 Å². The van der Waals surface area contributed by atoms with Crippen LogP contribution < -0.4 is 0 Å². The first-order valence-electron chi connectivity index (χ1n) is 9.78. The van der Waals surface area contributed by atoms with Gasteiger partial charge < -0.3 is 9.55 Å². The molecule has 1 amide bonds. The number of unbranched alkanes of at least 4 members (excludes halogenated alkanes) is 5. The molecule has 1 heterocycles. The van der Waals surface area contributed by atoms with Gasteiger partial charge in [-0.2, -0.15) is 0 Å². The van der Waals surface area contributed by atoms with Gasteiger partial charge in [0.15, 0.2) is 5.78 Å². The molecular formula is C19H32BF2NO3. The number of carbonyl (C=O) groups excluding carboxylic acids is 2. The molecule has 0 radical (unpaired) electrons. The van der Waals surface area contributed by atoms with Crippen molar-refractivity contribution >= 4 is 19.2 Å². The van der Waals surface area contributed by atoms with Crippen LogP contribution in [0.2, 0.25) is 0 Å². The Morgan fingerprint density at radius 3 is 2.31 bits per heavy atom. The van der Waals surface area contributed by atoms with Crippen molar-refractivity contribution in [1.29, 1.82) is 0 Å². The number of hydrogen-bond donors (Lipinski definition) is 0. The molecule has 1 aliphatic heterocycles. The molecule has 0 aromatic rings. The number of ketones is 1. The molecule has 1 aliphatic rings. The molecule has 0 aromatic heterocycles. The minimum absolute atomic E-state index is 0.152. The van der Waals surface area contributed by atoms with E-state index in [9.17, 15) is 18.2 Å². The molecule has 0 bridgehead atoms. The largest absolute Gasteiger partial charge is 0.796 e. The van der Waals surface area contributed by atoms with Crippen LogP contribution in [0.4, 0.5) is 8.63 Å². The average Bonchev–Trinajstić information content (AvgIpc) is 2.78. The zero-order valence-electron chi connectivity index (χ0n) is 16.5. The zero-order chi connectivity index (χ0) is 19.7. The fourth-order valence-electron chi connectivity index (χ4n) is 3.24. The molecule has 0 N–H and O–H groups in total. The van der Waals surface area contributed by atoms with E-state index in [1.54, 1.807) is 6.92 Å². The first-order valence-corrected chi connectivity index (χ1v) is 9.78. The number of hydrogen-bond acceptors (Lipinski definition) is 3. The van der Waals surface area contributed by atoms with Crippen molar-refractivity contribution in [2.45, 2.75) is 84.6 Å². The monoisotopic (exact) mass is 371 g/mol. The van der Waals surface area contributed by atoms with Gasteiger partial charge in [0.2, 0.25) is 0 Å². The van der Waals surface area contributed by atoms with E-state index < -0.39 is 25.2 Å². The van der Waals surface area contributed by atoms with Gasteiger partial charge in [-0.1, -0.05) is 58.8 Å². The second-order valence-corrected chi connectivity index (χ2v) is 7.33. The summed E-state index contributed by atoms with van der Waals surface area (Å²) in [6.45, 7) is 5.85. The van der Waals surface area contributed by atoms with Crippen molar-refractivity contribution < 1.29 is 22.9 Å². The summed E-state index contributed by atoms with van der Waals surface area (Å²) in [5, 5.41) is 0. The minimum Gasteiger partial charge on any atom is -0.508 e. The van der Waals surface area contributed by atoms with Gasteiger partial charge in [0, 0.05) is 13.5 Å². The molecule has 0 aromatic carbocycles. The van der Waals surface area contributed by atoms with E-state index in [-0.39, 0.29) is 17.8 Å². The van der Waals surface area contributed by atoms with Crippen LogP contribution in [0, 0.1) is 5.92 Å². The maximum absolute atomic E-state index is 12.8. The molecule has 1 fully saturated rings. The Morgan fingerprint density at radius 1 is 1.15 bits per heavy atom. The highest BCUT2D eigenvalue weighted by Gasteiger charge is 2.41. The number of Topliss-reactive ketones (excluding diaryl/α,β-unsaturated/α-hetero) is 1. The summed E-state index contributed by atoms with van der Waals surface area (Å²) >= 11 is 0. The normalized spacial score (nSPS) is 20.5. The summed E-state index contributed by atoms with van der Waals surface area (Å²) in [5.74, 6) is -0.778. The molecule has 1 unspecified atom stereocenters. The van der Waals surface area contributed by atoms with E-state index in [0.29, 0.717) is 12.3 Å². The van der Waals surface area contributed by atoms with Gasteiger partial charge in [0.1, 0.15) is 5.57 Å². The van der Waals surface area contributed by atoms with Crippen LogP contribution in [0.25, 0.3) is 0 Å². The van der Waals surface area contributed by atoms with Crippen LogP contribution in [-0.4, -0.2) is 37.1 Å². The molecule has 2 atom stereocenters. The predicted molar refractivity (Wildman–Crippen MR) is 99.7 cm³/mol. The molecule has 0 spiro atoms. The van der Waals surface area contributed by atoms with E-state index in [1.165, 1.54) is 44.1 Å². The van der Waals surface area contributed by atoms with E-state index in [0.717, 1.165) is 12.8 Å². The standard InChI is InChI=1S/C19H32BF2NO3/c1-5-6-7-8-9-10-11-14(2)12-13-16(26-20(21)22)17-18(24)15(3)23(4)19(17)25/h14-15H,5-13H2,1-4H3/b17-16-/t14?,15-/m0/s1. The lowest BCUT2D eigenvalue weighted by atomic mass is 9.95. The van der Waals surface area contributed by atoms with Gasteiger partial charge in [0.05, 0.1) is 11.8 Å². The smallest absolute Gasteiger partial charge is 0.508 e. The summed E-state index contributed by atoms with van der Waals surface area (Å²) in [5.41, 5.74) is -0.202. The maximum Gasteiger partial charge on any atom is 0.796 e. The molecule has 26 heavy (non-hydrogen) atoms. The third kappa shape index (κ3) is 6.73. The van der Waals surface area contributed by atoms with E-state index in [4.69, 9.17) is 0 Å². The van der Waals surface area contributed by atoms with Gasteiger partial charge >= 0.3 is 7.47 Å². The Labute approximate surface area is 156 Å². The molecule has 7 heteroatoms. The van der Waals surface area contributed by atoms with Crippen LogP contribution in [0.3, 0.4) is 0 Å². The van der Waals surface area contributed by atoms with Gasteiger partial charge in [-0.15, -0.1) is 0 Å². The van der Waals surface area contributed by atoms with Gasteiger partial charge in [-0.3, -0.25) is 9.59 Å². The first-order chi connectivity index (χ1) is 12.3. The second-order valence-electron chi connectivity index (χ2n) is 7.33. The Bertz CT molecular complexity index is 489. The lowest BCUT2D eigenvalue weighted by Crippen LogP contribution is -2.28. The van der Waals surface area contributed by atoms with Gasteiger partial charge in [-0.25, -0.2) is 8.63 Å². The Balaban J connectivity index is 2.59. The van der Waals surface area contributed by atoms with E-state index in [1.807, 2.05) is 0 Å². The van der Waals surface area contributed by atoms with Crippen LogP contribution >= 0.6 is 0 Å². The molecule has 1 rings (SSSR count). The second kappa shape index (κ2) is 11.3. The number of likely N-dealkylation sites (tertiary alicyclic amines) is 1. The minimum atomic E-state index is -3.03. The number of amides is 1. The van der Waals surface area contributed by atoms with Crippen molar-refractivity contribution in [3.8, 4) is 0 Å². The molecule has 0 aliphatic carbocycles. The lowest BCUT2D eigenvalue weighted by Gasteiger charge is -2.15. The highest BCUT2D eigenvalue weighted by Crippen LogP contribution is 2.28. The Kier molecular flexibility index (Phi) is 9.88. The first kappa shape index (κ1) is 22.6. The van der Waals surface area contributed by atoms with E-state index in [2.05, 4.69) is 18.5 Å². The van der Waals surface area contributed by atoms with Gasteiger partial charge in [-0.05, 0) is 19.3 Å². The molecule has 1 saturated heterocycles. The molecule has 4 nitrogen and oxygen atoms in total. The number of carbonyl (C=O) groups is 2. The number of rotatable bonds is 12. The Hall–Kier alpha value is -1.40. The highest BCUT2D eigenvalue weighted by atomic mass is 19.2. The summed E-state index contributed by atoms with van der Waals surface area (Å²) < 4.78 is 30.1. The van der Waals surface area contributed by atoms with E-state index >= 15 is 0 Å². The lowest BCUT2D eigenvalue weighted by molar-refractivity contribution is -0.125. The van der Waals surface area contributed by atoms with Gasteiger partial charge in [0.25, 0.3) is 5.91 Å². The fourth-order valence-corrected chi connectivity index (χ4v) is 3.24. The third-order valence-corrected chi connectivity index (χ3v) is 5.17. The number of nitrogens with zero attached hydrogens (tertiary/aromatic N) is 1. The predicted octanol–water partition coefficient (Wildman–Crippen LogP) is 4.78. The van der Waals surface area contributed by atoms with Crippen molar-refractivity contribution in [2.75, 3.05) is 7.05 Å². The highest BCUT2D eigenvalue weighted by molar-refractivity contribution is 6.35. The van der Waals surface area contributed by atoms with Crippen molar-refractivity contribution in [2.24, 2.45) is 5.92 Å². The van der Waals surface area contributed by atoms with Crippen LogP contribution in [0.15, 0.2) is 11.3 Å². The number of likely N-dealkylation sites (N-methyl/N-ethyl adjacent to an activating group) is 1. The molecular weight excluding hydrogens is 339 g/mol.